The van der Waals surface area contributed by atoms with Crippen molar-refractivity contribution in [2.45, 2.75) is 19.8 Å². The average Bonchev–Trinajstić information content (AvgIpc) is 2.34. The van der Waals surface area contributed by atoms with Gasteiger partial charge in [-0.05, 0) is 38.3 Å². The zero-order chi connectivity index (χ0) is 11.8. The summed E-state index contributed by atoms with van der Waals surface area (Å²) in [6.45, 7) is 5.14. The Morgan fingerprint density at radius 1 is 1.56 bits per heavy atom. The Kier molecular flexibility index (Phi) is 6.11. The molecule has 0 aromatic heterocycles. The molecule has 92 valence electrons. The quantitative estimate of drug-likeness (QED) is 0.434. The molecular weight excluding hydrogens is 206 g/mol. The van der Waals surface area contributed by atoms with Gasteiger partial charge in [0.15, 0.2) is 0 Å². The minimum absolute atomic E-state index is 0.289. The lowest BCUT2D eigenvalue weighted by Crippen LogP contribution is -2.32. The van der Waals surface area contributed by atoms with Gasteiger partial charge in [0.25, 0.3) is 0 Å². The summed E-state index contributed by atoms with van der Waals surface area (Å²) in [5, 5.41) is 3.34. The van der Waals surface area contributed by atoms with Crippen LogP contribution < -0.4 is 5.32 Å². The summed E-state index contributed by atoms with van der Waals surface area (Å²) in [5.74, 6) is 0.323. The van der Waals surface area contributed by atoms with E-state index < -0.39 is 0 Å². The molecule has 1 rings (SSSR count). The predicted octanol–water partition coefficient (Wildman–Crippen LogP) is 1.12. The van der Waals surface area contributed by atoms with Crippen molar-refractivity contribution in [2.24, 2.45) is 5.92 Å². The van der Waals surface area contributed by atoms with Crippen LogP contribution in [-0.4, -0.2) is 39.4 Å². The fraction of sp³-hybridized carbons (Fsp3) is 0.750. The van der Waals surface area contributed by atoms with Crippen molar-refractivity contribution in [2.75, 3.05) is 33.4 Å². The Labute approximate surface area is 97.0 Å². The Hall–Kier alpha value is -0.870. The van der Waals surface area contributed by atoms with Crippen LogP contribution in [0.3, 0.4) is 0 Å². The SMILES string of the molecule is COC(=O)C(C)=CCOCC1CCCNC1. The molecule has 0 aliphatic carbocycles. The van der Waals surface area contributed by atoms with Crippen molar-refractivity contribution in [1.82, 2.24) is 5.32 Å². The van der Waals surface area contributed by atoms with Crippen LogP contribution in [0, 0.1) is 5.92 Å². The first kappa shape index (κ1) is 13.2. The standard InChI is InChI=1S/C12H21NO3/c1-10(12(14)15-2)5-7-16-9-11-4-3-6-13-8-11/h5,11,13H,3-4,6-9H2,1-2H3. The second-order valence-corrected chi connectivity index (χ2v) is 4.13. The molecule has 0 saturated carbocycles. The van der Waals surface area contributed by atoms with Gasteiger partial charge in [-0.25, -0.2) is 4.79 Å². The Balaban J connectivity index is 2.12. The zero-order valence-electron chi connectivity index (χ0n) is 10.1. The molecule has 1 N–H and O–H groups in total. The Bertz CT molecular complexity index is 245. The van der Waals surface area contributed by atoms with E-state index in [2.05, 4.69) is 10.1 Å². The maximum absolute atomic E-state index is 11.1. The summed E-state index contributed by atoms with van der Waals surface area (Å²) in [4.78, 5) is 11.1. The van der Waals surface area contributed by atoms with Gasteiger partial charge in [-0.2, -0.15) is 0 Å². The topological polar surface area (TPSA) is 47.6 Å². The highest BCUT2D eigenvalue weighted by Crippen LogP contribution is 2.09. The van der Waals surface area contributed by atoms with E-state index in [0.29, 0.717) is 18.1 Å². The normalized spacial score (nSPS) is 21.9. The summed E-state index contributed by atoms with van der Waals surface area (Å²) in [7, 11) is 1.38. The largest absolute Gasteiger partial charge is 0.466 e. The summed E-state index contributed by atoms with van der Waals surface area (Å²) in [6, 6.07) is 0. The molecule has 1 heterocycles. The van der Waals surface area contributed by atoms with Crippen molar-refractivity contribution in [3.8, 4) is 0 Å². The fourth-order valence-electron chi connectivity index (χ4n) is 1.73. The third kappa shape index (κ3) is 4.77. The van der Waals surface area contributed by atoms with Crippen molar-refractivity contribution >= 4 is 5.97 Å². The van der Waals surface area contributed by atoms with E-state index in [9.17, 15) is 4.79 Å². The predicted molar refractivity (Wildman–Crippen MR) is 62.2 cm³/mol. The molecule has 0 bridgehead atoms. The molecule has 1 saturated heterocycles. The van der Waals surface area contributed by atoms with E-state index in [-0.39, 0.29) is 5.97 Å². The van der Waals surface area contributed by atoms with E-state index >= 15 is 0 Å². The Morgan fingerprint density at radius 2 is 2.38 bits per heavy atom. The monoisotopic (exact) mass is 227 g/mol. The molecule has 0 aromatic rings. The first-order valence-electron chi connectivity index (χ1n) is 5.77. The summed E-state index contributed by atoms with van der Waals surface area (Å²) < 4.78 is 10.1. The molecule has 4 heteroatoms. The number of hydrogen-bond acceptors (Lipinski definition) is 4. The zero-order valence-corrected chi connectivity index (χ0v) is 10.1. The number of carbonyl (C=O) groups is 1. The van der Waals surface area contributed by atoms with Gasteiger partial charge in [0, 0.05) is 12.1 Å². The first-order chi connectivity index (χ1) is 7.74. The van der Waals surface area contributed by atoms with Gasteiger partial charge in [-0.15, -0.1) is 0 Å². The van der Waals surface area contributed by atoms with Gasteiger partial charge in [-0.1, -0.05) is 0 Å². The molecule has 1 atom stereocenters. The van der Waals surface area contributed by atoms with Crippen molar-refractivity contribution in [3.63, 3.8) is 0 Å². The lowest BCUT2D eigenvalue weighted by Gasteiger charge is -2.22. The maximum Gasteiger partial charge on any atom is 0.333 e. The highest BCUT2D eigenvalue weighted by atomic mass is 16.5. The molecule has 0 aromatic carbocycles. The number of esters is 1. The van der Waals surface area contributed by atoms with Crippen molar-refractivity contribution < 1.29 is 14.3 Å². The summed E-state index contributed by atoms with van der Waals surface area (Å²) >= 11 is 0. The number of carbonyl (C=O) groups excluding carboxylic acids is 1. The van der Waals surface area contributed by atoms with Crippen molar-refractivity contribution in [3.05, 3.63) is 11.6 Å². The van der Waals surface area contributed by atoms with Crippen LogP contribution in [0.1, 0.15) is 19.8 Å². The van der Waals surface area contributed by atoms with Gasteiger partial charge in [0.05, 0.1) is 20.3 Å². The number of rotatable bonds is 5. The second-order valence-electron chi connectivity index (χ2n) is 4.13. The van der Waals surface area contributed by atoms with Gasteiger partial charge in [-0.3, -0.25) is 0 Å². The number of hydrogen-bond donors (Lipinski definition) is 1. The molecule has 1 unspecified atom stereocenters. The van der Waals surface area contributed by atoms with Gasteiger partial charge in [0.2, 0.25) is 0 Å². The molecule has 4 nitrogen and oxygen atoms in total. The number of methoxy groups -OCH3 is 1. The molecule has 1 aliphatic rings. The van der Waals surface area contributed by atoms with Crippen LogP contribution in [0.15, 0.2) is 11.6 Å². The van der Waals surface area contributed by atoms with Crippen LogP contribution in [0.4, 0.5) is 0 Å². The van der Waals surface area contributed by atoms with Gasteiger partial charge in [0.1, 0.15) is 0 Å². The number of ether oxygens (including phenoxy) is 2. The lowest BCUT2D eigenvalue weighted by atomic mass is 10.0. The van der Waals surface area contributed by atoms with Crippen LogP contribution in [0.5, 0.6) is 0 Å². The highest BCUT2D eigenvalue weighted by molar-refractivity contribution is 5.87. The smallest absolute Gasteiger partial charge is 0.333 e. The summed E-state index contributed by atoms with van der Waals surface area (Å²) in [5.41, 5.74) is 0.601. The van der Waals surface area contributed by atoms with Crippen LogP contribution in [0.25, 0.3) is 0 Å². The fourth-order valence-corrected chi connectivity index (χ4v) is 1.73. The third-order valence-electron chi connectivity index (χ3n) is 2.77. The number of nitrogens with one attached hydrogen (secondary N) is 1. The minimum Gasteiger partial charge on any atom is -0.466 e. The maximum atomic E-state index is 11.1. The van der Waals surface area contributed by atoms with Gasteiger partial charge < -0.3 is 14.8 Å². The molecule has 16 heavy (non-hydrogen) atoms. The van der Waals surface area contributed by atoms with Crippen LogP contribution >= 0.6 is 0 Å². The van der Waals surface area contributed by atoms with Crippen LogP contribution in [-0.2, 0) is 14.3 Å². The van der Waals surface area contributed by atoms with E-state index in [4.69, 9.17) is 4.74 Å². The number of piperidine rings is 1. The molecule has 0 radical (unpaired) electrons. The Morgan fingerprint density at radius 3 is 3.00 bits per heavy atom. The van der Waals surface area contributed by atoms with E-state index in [0.717, 1.165) is 19.7 Å². The molecule has 1 fully saturated rings. The lowest BCUT2D eigenvalue weighted by molar-refractivity contribution is -0.136. The van der Waals surface area contributed by atoms with E-state index in [1.54, 1.807) is 13.0 Å². The van der Waals surface area contributed by atoms with Crippen LogP contribution in [0.2, 0.25) is 0 Å². The molecule has 1 aliphatic heterocycles. The second kappa shape index (κ2) is 7.41. The summed E-state index contributed by atoms with van der Waals surface area (Å²) in [6.07, 6.45) is 4.22. The van der Waals surface area contributed by atoms with Crippen molar-refractivity contribution in [1.29, 1.82) is 0 Å². The first-order valence-corrected chi connectivity index (χ1v) is 5.77. The van der Waals surface area contributed by atoms with E-state index in [1.807, 2.05) is 0 Å². The molecule has 0 amide bonds. The molecular formula is C12H21NO3. The minimum atomic E-state index is -0.289. The highest BCUT2D eigenvalue weighted by Gasteiger charge is 2.12. The molecule has 0 spiro atoms. The van der Waals surface area contributed by atoms with Gasteiger partial charge >= 0.3 is 5.97 Å². The average molecular weight is 227 g/mol. The third-order valence-corrected chi connectivity index (χ3v) is 2.77. The van der Waals surface area contributed by atoms with E-state index in [1.165, 1.54) is 20.0 Å².